The number of nitrogens with one attached hydrogen (secondary N) is 1. The molecule has 2 rings (SSSR count). The Labute approximate surface area is 107 Å². The molecule has 0 heterocycles. The molecule has 6 heteroatoms. The monoisotopic (exact) mass is 270 g/mol. The summed E-state index contributed by atoms with van der Waals surface area (Å²) in [5, 5.41) is 8.40. The van der Waals surface area contributed by atoms with Crippen molar-refractivity contribution >= 4 is 10.0 Å². The Morgan fingerprint density at radius 1 is 1.28 bits per heavy atom. The molecule has 0 radical (unpaired) electrons. The lowest BCUT2D eigenvalue weighted by molar-refractivity contribution is 0.308. The lowest BCUT2D eigenvalue weighted by Crippen LogP contribution is -2.19. The zero-order valence-corrected chi connectivity index (χ0v) is 10.9. The van der Waals surface area contributed by atoms with Crippen LogP contribution >= 0.6 is 0 Å². The van der Waals surface area contributed by atoms with Gasteiger partial charge in [-0.05, 0) is 50.1 Å². The van der Waals surface area contributed by atoms with Gasteiger partial charge in [-0.3, -0.25) is 0 Å². The van der Waals surface area contributed by atoms with Crippen LogP contribution in [0.2, 0.25) is 0 Å². The van der Waals surface area contributed by atoms with Crippen molar-refractivity contribution in [1.29, 1.82) is 0 Å². The minimum Gasteiger partial charge on any atom is -0.494 e. The van der Waals surface area contributed by atoms with E-state index in [4.69, 9.17) is 9.88 Å². The second-order valence-electron chi connectivity index (χ2n) is 4.45. The zero-order valence-electron chi connectivity index (χ0n) is 10.1. The quantitative estimate of drug-likeness (QED) is 0.720. The molecular formula is C12H18N2O3S. The summed E-state index contributed by atoms with van der Waals surface area (Å²) in [5.74, 6) is 0.661. The summed E-state index contributed by atoms with van der Waals surface area (Å²) in [7, 11) is -3.62. The number of ether oxygens (including phenoxy) is 1. The van der Waals surface area contributed by atoms with Gasteiger partial charge in [0.2, 0.25) is 10.0 Å². The van der Waals surface area contributed by atoms with E-state index >= 15 is 0 Å². The predicted octanol–water partition coefficient (Wildman–Crippen LogP) is 0.855. The van der Waals surface area contributed by atoms with E-state index in [1.54, 1.807) is 12.1 Å². The van der Waals surface area contributed by atoms with E-state index in [1.165, 1.54) is 25.0 Å². The Morgan fingerprint density at radius 2 is 1.94 bits per heavy atom. The van der Waals surface area contributed by atoms with Crippen LogP contribution in [0.1, 0.15) is 19.3 Å². The first kappa shape index (κ1) is 13.3. The Hall–Kier alpha value is -1.11. The number of nitrogens with two attached hydrogens (primary N) is 1. The van der Waals surface area contributed by atoms with E-state index in [9.17, 15) is 8.42 Å². The van der Waals surface area contributed by atoms with Gasteiger partial charge in [0.1, 0.15) is 5.75 Å². The highest BCUT2D eigenvalue weighted by Gasteiger charge is 2.19. The molecular weight excluding hydrogens is 252 g/mol. The van der Waals surface area contributed by atoms with Crippen LogP contribution < -0.4 is 15.2 Å². The van der Waals surface area contributed by atoms with Crippen molar-refractivity contribution in [1.82, 2.24) is 5.32 Å². The number of hydrogen-bond donors (Lipinski definition) is 2. The van der Waals surface area contributed by atoms with Crippen LogP contribution in [0.4, 0.5) is 0 Å². The smallest absolute Gasteiger partial charge is 0.238 e. The van der Waals surface area contributed by atoms with Crippen LogP contribution in [0.3, 0.4) is 0 Å². The van der Waals surface area contributed by atoms with Crippen molar-refractivity contribution in [3.8, 4) is 5.75 Å². The topological polar surface area (TPSA) is 81.4 Å². The minimum atomic E-state index is -3.62. The summed E-state index contributed by atoms with van der Waals surface area (Å²) in [4.78, 5) is 0.102. The maximum absolute atomic E-state index is 11.0. The molecule has 0 bridgehead atoms. The van der Waals surface area contributed by atoms with E-state index in [1.807, 2.05) is 0 Å². The van der Waals surface area contributed by atoms with Gasteiger partial charge < -0.3 is 10.1 Å². The first-order valence-corrected chi connectivity index (χ1v) is 7.59. The van der Waals surface area contributed by atoms with Crippen LogP contribution in [0.5, 0.6) is 5.75 Å². The molecule has 1 aromatic carbocycles. The Morgan fingerprint density at radius 3 is 2.50 bits per heavy atom. The lowest BCUT2D eigenvalue weighted by Gasteiger charge is -2.07. The fraction of sp³-hybridized carbons (Fsp3) is 0.500. The van der Waals surface area contributed by atoms with E-state index in [-0.39, 0.29) is 4.90 Å². The Balaban J connectivity index is 1.72. The third kappa shape index (κ3) is 4.29. The highest BCUT2D eigenvalue weighted by molar-refractivity contribution is 7.89. The summed E-state index contributed by atoms with van der Waals surface area (Å²) in [5.41, 5.74) is 0. The van der Waals surface area contributed by atoms with Crippen molar-refractivity contribution in [2.24, 2.45) is 5.14 Å². The highest BCUT2D eigenvalue weighted by Crippen LogP contribution is 2.18. The molecule has 5 nitrogen and oxygen atoms in total. The average molecular weight is 270 g/mol. The minimum absolute atomic E-state index is 0.102. The molecule has 1 aromatic rings. The molecule has 0 spiro atoms. The SMILES string of the molecule is NS(=O)(=O)c1ccc(OCCCNC2CC2)cc1. The van der Waals surface area contributed by atoms with Gasteiger partial charge in [-0.2, -0.15) is 0 Å². The fourth-order valence-electron chi connectivity index (χ4n) is 1.58. The van der Waals surface area contributed by atoms with Crippen LogP contribution in [0, 0.1) is 0 Å². The molecule has 1 aliphatic carbocycles. The third-order valence-electron chi connectivity index (χ3n) is 2.75. The summed E-state index contributed by atoms with van der Waals surface area (Å²) >= 11 is 0. The molecule has 0 aromatic heterocycles. The number of rotatable bonds is 7. The summed E-state index contributed by atoms with van der Waals surface area (Å²) in [6.07, 6.45) is 3.51. The molecule has 0 amide bonds. The van der Waals surface area contributed by atoms with Gasteiger partial charge in [-0.15, -0.1) is 0 Å². The Bertz CT molecular complexity index is 481. The predicted molar refractivity (Wildman–Crippen MR) is 69.0 cm³/mol. The fourth-order valence-corrected chi connectivity index (χ4v) is 2.10. The lowest BCUT2D eigenvalue weighted by atomic mass is 10.3. The Kier molecular flexibility index (Phi) is 4.21. The van der Waals surface area contributed by atoms with Crippen molar-refractivity contribution < 1.29 is 13.2 Å². The van der Waals surface area contributed by atoms with Crippen LogP contribution in [-0.2, 0) is 10.0 Å². The van der Waals surface area contributed by atoms with Crippen LogP contribution in [0.15, 0.2) is 29.2 Å². The summed E-state index contributed by atoms with van der Waals surface area (Å²) in [6.45, 7) is 1.58. The standard InChI is InChI=1S/C12H18N2O3S/c13-18(15,16)12-6-4-11(5-7-12)17-9-1-8-14-10-2-3-10/h4-7,10,14H,1-3,8-9H2,(H2,13,15,16). The molecule has 0 saturated heterocycles. The van der Waals surface area contributed by atoms with Crippen LogP contribution in [0.25, 0.3) is 0 Å². The number of hydrogen-bond acceptors (Lipinski definition) is 4. The average Bonchev–Trinajstić information content (AvgIpc) is 3.12. The molecule has 1 saturated carbocycles. The van der Waals surface area contributed by atoms with E-state index in [0.29, 0.717) is 12.4 Å². The van der Waals surface area contributed by atoms with Crippen LogP contribution in [-0.4, -0.2) is 27.6 Å². The maximum Gasteiger partial charge on any atom is 0.238 e. The first-order chi connectivity index (χ1) is 8.55. The van der Waals surface area contributed by atoms with Gasteiger partial charge in [-0.25, -0.2) is 13.6 Å². The van der Waals surface area contributed by atoms with Crippen molar-refractivity contribution in [3.63, 3.8) is 0 Å². The largest absolute Gasteiger partial charge is 0.494 e. The zero-order chi connectivity index (χ0) is 13.0. The van der Waals surface area contributed by atoms with Gasteiger partial charge >= 0.3 is 0 Å². The van der Waals surface area contributed by atoms with Gasteiger partial charge in [0.05, 0.1) is 11.5 Å². The summed E-state index contributed by atoms with van der Waals surface area (Å²) in [6, 6.07) is 6.86. The number of benzene rings is 1. The highest BCUT2D eigenvalue weighted by atomic mass is 32.2. The maximum atomic E-state index is 11.0. The second-order valence-corrected chi connectivity index (χ2v) is 6.01. The molecule has 1 fully saturated rings. The van der Waals surface area contributed by atoms with Crippen molar-refractivity contribution in [2.75, 3.05) is 13.2 Å². The molecule has 18 heavy (non-hydrogen) atoms. The van der Waals surface area contributed by atoms with Gasteiger partial charge in [-0.1, -0.05) is 0 Å². The van der Waals surface area contributed by atoms with E-state index in [0.717, 1.165) is 19.0 Å². The first-order valence-electron chi connectivity index (χ1n) is 6.05. The summed E-state index contributed by atoms with van der Waals surface area (Å²) < 4.78 is 27.6. The third-order valence-corrected chi connectivity index (χ3v) is 3.68. The molecule has 3 N–H and O–H groups in total. The second kappa shape index (κ2) is 5.69. The normalized spacial score (nSPS) is 15.6. The molecule has 0 atom stereocenters. The molecule has 0 unspecified atom stereocenters. The number of primary sulfonamides is 1. The van der Waals surface area contributed by atoms with Gasteiger partial charge in [0.25, 0.3) is 0 Å². The molecule has 100 valence electrons. The molecule has 1 aliphatic rings. The van der Waals surface area contributed by atoms with Gasteiger partial charge in [0, 0.05) is 6.04 Å². The van der Waals surface area contributed by atoms with Crippen molar-refractivity contribution in [2.45, 2.75) is 30.2 Å². The van der Waals surface area contributed by atoms with Gasteiger partial charge in [0.15, 0.2) is 0 Å². The van der Waals surface area contributed by atoms with E-state index in [2.05, 4.69) is 5.32 Å². The number of sulfonamides is 1. The molecule has 0 aliphatic heterocycles. The van der Waals surface area contributed by atoms with E-state index < -0.39 is 10.0 Å². The van der Waals surface area contributed by atoms with Crippen molar-refractivity contribution in [3.05, 3.63) is 24.3 Å².